The summed E-state index contributed by atoms with van der Waals surface area (Å²) in [5.41, 5.74) is 2.30. The van der Waals surface area contributed by atoms with Gasteiger partial charge < -0.3 is 0 Å². The zero-order valence-corrected chi connectivity index (χ0v) is 5.77. The van der Waals surface area contributed by atoms with E-state index in [1.54, 1.807) is 0 Å². The Balaban J connectivity index is 3.00. The van der Waals surface area contributed by atoms with Gasteiger partial charge in [0.15, 0.2) is 0 Å². The zero-order chi connectivity index (χ0) is 4.24. The van der Waals surface area contributed by atoms with E-state index in [0.29, 0.717) is 0 Å². The second-order valence-electron chi connectivity index (χ2n) is 1.15. The van der Waals surface area contributed by atoms with E-state index in [0.717, 1.165) is 17.1 Å². The molecule has 3 heteroatoms. The van der Waals surface area contributed by atoms with Gasteiger partial charge in [-0.25, -0.2) is 0 Å². The molecule has 0 aromatic carbocycles. The first-order valence-electron chi connectivity index (χ1n) is 2.00. The normalized spacial score (nSPS) is 7.33. The molecule has 0 nitrogen and oxygen atoms in total. The van der Waals surface area contributed by atoms with Crippen molar-refractivity contribution >= 4 is 23.6 Å². The predicted molar refractivity (Wildman–Crippen MR) is 33.3 cm³/mol. The molecule has 0 amide bonds. The van der Waals surface area contributed by atoms with Gasteiger partial charge in [-0.1, -0.05) is 0 Å². The van der Waals surface area contributed by atoms with Crippen molar-refractivity contribution in [1.29, 1.82) is 0 Å². The average molecular weight is 108 g/mol. The number of hydrogen-bond donors (Lipinski definition) is 0. The van der Waals surface area contributed by atoms with Crippen LogP contribution in [-0.4, -0.2) is 23.6 Å². The van der Waals surface area contributed by atoms with Gasteiger partial charge in [0.25, 0.3) is 0 Å². The molecule has 1 aromatic rings. The quantitative estimate of drug-likeness (QED) is 0.380. The van der Waals surface area contributed by atoms with Gasteiger partial charge in [0.05, 0.1) is 0 Å². The van der Waals surface area contributed by atoms with E-state index < -0.39 is 0 Å². The van der Waals surface area contributed by atoms with Crippen LogP contribution in [0.4, 0.5) is 0 Å². The van der Waals surface area contributed by atoms with Crippen LogP contribution in [0.1, 0.15) is 0 Å². The van der Waals surface area contributed by atoms with Crippen molar-refractivity contribution in [1.82, 2.24) is 0 Å². The zero-order valence-electron chi connectivity index (χ0n) is 3.46. The molecule has 0 spiro atoms. The molecule has 0 radical (unpaired) electrons. The van der Waals surface area contributed by atoms with Crippen LogP contribution < -0.4 is 0 Å². The topological polar surface area (TPSA) is 0 Å². The Labute approximate surface area is 42.0 Å². The summed E-state index contributed by atoms with van der Waals surface area (Å²) in [7, 11) is 1.44. The molecule has 0 aliphatic heterocycles. The average Bonchev–Trinajstić information content (AvgIpc) is 1.72. The summed E-state index contributed by atoms with van der Waals surface area (Å²) in [6.45, 7) is 2.30. The Bertz CT molecular complexity index is 80.7. The maximum absolute atomic E-state index is 2.30. The van der Waals surface area contributed by atoms with E-state index in [1.165, 1.54) is 0 Å². The minimum atomic E-state index is 0.721. The van der Waals surface area contributed by atoms with Crippen LogP contribution >= 0.6 is 0 Å². The predicted octanol–water partition coefficient (Wildman–Crippen LogP) is -0.835. The molecule has 0 aliphatic carbocycles. The van der Waals surface area contributed by atoms with E-state index in [1.807, 2.05) is 0 Å². The Morgan fingerprint density at radius 1 is 1.50 bits per heavy atom. The van der Waals surface area contributed by atoms with Gasteiger partial charge in [-0.3, -0.25) is 0 Å². The van der Waals surface area contributed by atoms with Crippen LogP contribution in [0.5, 0.6) is 0 Å². The Kier molecular flexibility index (Phi) is 1.65. The van der Waals surface area contributed by atoms with Gasteiger partial charge >= 0.3 is 41.3 Å². The minimum absolute atomic E-state index is 0.721. The molecule has 6 heavy (non-hydrogen) atoms. The molecule has 1 heterocycles. The molecule has 0 fully saturated rings. The molecular weight excluding hydrogens is 103 g/mol. The second kappa shape index (κ2) is 2.31. The third kappa shape index (κ3) is 1.06. The van der Waals surface area contributed by atoms with Crippen LogP contribution in [0, 0.1) is 0 Å². The molecule has 0 atom stereocenters. The Hall–Kier alpha value is 0.109. The molecule has 0 bridgehead atoms. The van der Waals surface area contributed by atoms with Crippen molar-refractivity contribution in [2.24, 2.45) is 0 Å². The van der Waals surface area contributed by atoms with E-state index in [4.69, 9.17) is 0 Å². The first-order valence-corrected chi connectivity index (χ1v) is 6.00. The van der Waals surface area contributed by atoms with Crippen LogP contribution in [0.15, 0.2) is 17.7 Å². The van der Waals surface area contributed by atoms with Gasteiger partial charge in [-0.05, 0) is 0 Å². The van der Waals surface area contributed by atoms with Crippen LogP contribution in [0.2, 0.25) is 0 Å². The summed E-state index contributed by atoms with van der Waals surface area (Å²) in [5, 5.41) is 0. The number of hydrogen-bond acceptors (Lipinski definition) is 0. The van der Waals surface area contributed by atoms with Crippen LogP contribution in [0.3, 0.4) is 0 Å². The first-order chi connectivity index (χ1) is 3.00. The third-order valence-electron chi connectivity index (χ3n) is 0.667. The fourth-order valence-electron chi connectivity index (χ4n) is 0.385. The molecule has 0 aliphatic rings. The van der Waals surface area contributed by atoms with Gasteiger partial charge in [0, 0.05) is 0 Å². The van der Waals surface area contributed by atoms with E-state index in [2.05, 4.69) is 24.2 Å². The first kappa shape index (κ1) is 4.27. The van der Waals surface area contributed by atoms with Crippen molar-refractivity contribution < 1.29 is 0 Å². The van der Waals surface area contributed by atoms with Crippen molar-refractivity contribution in [3.05, 3.63) is 17.7 Å². The van der Waals surface area contributed by atoms with Gasteiger partial charge in [-0.2, -0.15) is 0 Å². The van der Waals surface area contributed by atoms with Crippen molar-refractivity contribution in [2.45, 2.75) is 0 Å². The monoisotopic (exact) mass is 108 g/mol. The summed E-state index contributed by atoms with van der Waals surface area (Å²) in [5.74, 6) is 2.14. The molecule has 1 rings (SSSR count). The Morgan fingerprint density at radius 3 is 2.67 bits per heavy atom. The van der Waals surface area contributed by atoms with Gasteiger partial charge in [0.1, 0.15) is 0 Å². The summed E-state index contributed by atoms with van der Waals surface area (Å²) < 4.78 is 0. The molecular formula is C3H5BSi2. The summed E-state index contributed by atoms with van der Waals surface area (Å²) in [6.07, 6.45) is 0. The van der Waals surface area contributed by atoms with Crippen LogP contribution in [-0.2, 0) is 0 Å². The van der Waals surface area contributed by atoms with E-state index in [-0.39, 0.29) is 0 Å². The van der Waals surface area contributed by atoms with Crippen molar-refractivity contribution in [2.75, 3.05) is 0 Å². The number of rotatable bonds is 0. The molecule has 1 aromatic heterocycles. The standard InChI is InChI=1S/C3H5BSi2/c1-2-4-6-5-3-1/h1-3,5-6H. The van der Waals surface area contributed by atoms with E-state index in [9.17, 15) is 0 Å². The van der Waals surface area contributed by atoms with Crippen molar-refractivity contribution in [3.63, 3.8) is 0 Å². The molecule has 28 valence electrons. The summed E-state index contributed by atoms with van der Waals surface area (Å²) in [4.78, 5) is 0. The molecule has 0 unspecified atom stereocenters. The second-order valence-corrected chi connectivity index (χ2v) is 5.00. The van der Waals surface area contributed by atoms with Crippen molar-refractivity contribution in [3.8, 4) is 0 Å². The SMILES string of the molecule is b1ccc[siH][siH]1. The fourth-order valence-corrected chi connectivity index (χ4v) is 2.69. The summed E-state index contributed by atoms with van der Waals surface area (Å²) >= 11 is 0. The van der Waals surface area contributed by atoms with Crippen LogP contribution in [0.25, 0.3) is 0 Å². The molecule has 0 N–H and O–H groups in total. The van der Waals surface area contributed by atoms with E-state index >= 15 is 0 Å². The summed E-state index contributed by atoms with van der Waals surface area (Å²) in [6, 6.07) is 2.14. The maximum atomic E-state index is 2.30. The molecule has 0 saturated carbocycles. The van der Waals surface area contributed by atoms with Gasteiger partial charge in [0.2, 0.25) is 0 Å². The molecule has 0 saturated heterocycles. The Morgan fingerprint density at radius 2 is 2.50 bits per heavy atom. The third-order valence-corrected chi connectivity index (χ3v) is 3.78. The van der Waals surface area contributed by atoms with Gasteiger partial charge in [-0.15, -0.1) is 0 Å². The fraction of sp³-hybridized carbons (Fsp3) is 0.